The number of rotatable bonds is 8. The molecule has 2 rings (SSSR count). The molecule has 0 saturated carbocycles. The summed E-state index contributed by atoms with van der Waals surface area (Å²) in [7, 11) is 1.55. The minimum absolute atomic E-state index is 0.0633. The van der Waals surface area contributed by atoms with Crippen LogP contribution in [-0.4, -0.2) is 26.3 Å². The van der Waals surface area contributed by atoms with Crippen molar-refractivity contribution in [1.82, 2.24) is 0 Å². The maximum atomic E-state index is 11.7. The van der Waals surface area contributed by atoms with E-state index in [4.69, 9.17) is 19.5 Å². The third kappa shape index (κ3) is 5.38. The van der Waals surface area contributed by atoms with Gasteiger partial charge in [-0.25, -0.2) is 4.79 Å². The van der Waals surface area contributed by atoms with E-state index in [0.29, 0.717) is 23.7 Å². The molecule has 0 aliphatic carbocycles. The van der Waals surface area contributed by atoms with E-state index in [1.165, 1.54) is 11.6 Å². The predicted octanol–water partition coefficient (Wildman–Crippen LogP) is 3.79. The van der Waals surface area contributed by atoms with Crippen molar-refractivity contribution in [2.75, 3.05) is 20.3 Å². The van der Waals surface area contributed by atoms with E-state index >= 15 is 0 Å². The Bertz CT molecular complexity index is 807. The molecule has 0 amide bonds. The fourth-order valence-electron chi connectivity index (χ4n) is 2.33. The number of benzene rings is 2. The first-order chi connectivity index (χ1) is 12.7. The summed E-state index contributed by atoms with van der Waals surface area (Å²) in [4.78, 5) is 11.7. The Morgan fingerprint density at radius 2 is 1.92 bits per heavy atom. The van der Waals surface area contributed by atoms with E-state index in [0.717, 1.165) is 6.42 Å². The van der Waals surface area contributed by atoms with Gasteiger partial charge in [-0.3, -0.25) is 0 Å². The Morgan fingerprint density at radius 1 is 1.15 bits per heavy atom. The summed E-state index contributed by atoms with van der Waals surface area (Å²) < 4.78 is 16.0. The average molecular weight is 351 g/mol. The Labute approximate surface area is 153 Å². The van der Waals surface area contributed by atoms with Crippen molar-refractivity contribution < 1.29 is 19.0 Å². The first kappa shape index (κ1) is 19.1. The van der Waals surface area contributed by atoms with Gasteiger partial charge in [0.15, 0.2) is 11.5 Å². The molecule has 0 aliphatic heterocycles. The number of ether oxygens (including phenoxy) is 3. The van der Waals surface area contributed by atoms with Gasteiger partial charge in [-0.15, -0.1) is 0 Å². The van der Waals surface area contributed by atoms with Crippen molar-refractivity contribution in [2.24, 2.45) is 0 Å². The van der Waals surface area contributed by atoms with Crippen LogP contribution in [0.2, 0.25) is 0 Å². The number of carbonyl (C=O) groups excluding carboxylic acids is 1. The van der Waals surface area contributed by atoms with Crippen LogP contribution in [0.4, 0.5) is 0 Å². The Morgan fingerprint density at radius 3 is 2.58 bits per heavy atom. The molecular formula is C21H21NO4. The largest absolute Gasteiger partial charge is 0.493 e. The number of hydrogen-bond acceptors (Lipinski definition) is 5. The number of carbonyl (C=O) groups is 1. The lowest BCUT2D eigenvalue weighted by Gasteiger charge is -2.11. The van der Waals surface area contributed by atoms with Crippen molar-refractivity contribution in [1.29, 1.82) is 5.26 Å². The average Bonchev–Trinajstić information content (AvgIpc) is 2.67. The van der Waals surface area contributed by atoms with E-state index < -0.39 is 5.97 Å². The number of esters is 1. The van der Waals surface area contributed by atoms with Crippen molar-refractivity contribution in [3.05, 3.63) is 65.2 Å². The molecule has 0 heterocycles. The summed E-state index contributed by atoms with van der Waals surface area (Å²) in [5, 5.41) is 9.11. The Balaban J connectivity index is 2.09. The highest BCUT2D eigenvalue weighted by Gasteiger charge is 2.11. The van der Waals surface area contributed by atoms with Crippen LogP contribution in [0.1, 0.15) is 18.1 Å². The normalized spacial score (nSPS) is 10.7. The van der Waals surface area contributed by atoms with Gasteiger partial charge in [0.1, 0.15) is 11.6 Å². The van der Waals surface area contributed by atoms with Crippen LogP contribution in [0.15, 0.2) is 54.1 Å². The SMILES string of the molecule is CCOC(=O)/C(C#N)=C\c1ccc(OCCc2ccccc2)c(OC)c1. The van der Waals surface area contributed by atoms with Crippen LogP contribution in [0.25, 0.3) is 6.08 Å². The highest BCUT2D eigenvalue weighted by Crippen LogP contribution is 2.29. The zero-order valence-electron chi connectivity index (χ0n) is 14.9. The van der Waals surface area contributed by atoms with Crippen LogP contribution in [-0.2, 0) is 16.0 Å². The minimum atomic E-state index is -0.642. The summed E-state index contributed by atoms with van der Waals surface area (Å²) in [5.74, 6) is 0.500. The fraction of sp³-hybridized carbons (Fsp3) is 0.238. The molecular weight excluding hydrogens is 330 g/mol. The number of nitriles is 1. The van der Waals surface area contributed by atoms with Gasteiger partial charge >= 0.3 is 5.97 Å². The van der Waals surface area contributed by atoms with E-state index in [1.54, 1.807) is 32.2 Å². The quantitative estimate of drug-likeness (QED) is 0.411. The molecule has 5 nitrogen and oxygen atoms in total. The topological polar surface area (TPSA) is 68.6 Å². The van der Waals surface area contributed by atoms with Gasteiger partial charge < -0.3 is 14.2 Å². The zero-order valence-corrected chi connectivity index (χ0v) is 14.9. The van der Waals surface area contributed by atoms with E-state index in [9.17, 15) is 4.79 Å². The predicted molar refractivity (Wildman–Crippen MR) is 98.9 cm³/mol. The molecule has 0 aromatic heterocycles. The summed E-state index contributed by atoms with van der Waals surface area (Å²) in [6, 6.07) is 17.2. The zero-order chi connectivity index (χ0) is 18.8. The summed E-state index contributed by atoms with van der Waals surface area (Å²) in [6.45, 7) is 2.43. The number of nitrogens with zero attached hydrogens (tertiary/aromatic N) is 1. The van der Waals surface area contributed by atoms with Crippen LogP contribution >= 0.6 is 0 Å². The molecule has 0 aliphatic rings. The van der Waals surface area contributed by atoms with Gasteiger partial charge in [-0.05, 0) is 36.3 Å². The number of hydrogen-bond donors (Lipinski definition) is 0. The molecule has 0 fully saturated rings. The fourth-order valence-corrected chi connectivity index (χ4v) is 2.33. The monoisotopic (exact) mass is 351 g/mol. The van der Waals surface area contributed by atoms with E-state index in [-0.39, 0.29) is 12.2 Å². The molecule has 0 saturated heterocycles. The highest BCUT2D eigenvalue weighted by atomic mass is 16.5. The summed E-state index contributed by atoms with van der Waals surface area (Å²) >= 11 is 0. The van der Waals surface area contributed by atoms with Crippen molar-refractivity contribution in [2.45, 2.75) is 13.3 Å². The van der Waals surface area contributed by atoms with Gasteiger partial charge in [0.05, 0.1) is 20.3 Å². The lowest BCUT2D eigenvalue weighted by atomic mass is 10.1. The molecule has 2 aromatic rings. The van der Waals surface area contributed by atoms with Gasteiger partial charge in [-0.1, -0.05) is 36.4 Å². The molecule has 0 spiro atoms. The third-order valence-electron chi connectivity index (χ3n) is 3.61. The molecule has 5 heteroatoms. The molecule has 26 heavy (non-hydrogen) atoms. The van der Waals surface area contributed by atoms with Crippen molar-refractivity contribution >= 4 is 12.0 Å². The standard InChI is InChI=1S/C21H21NO4/c1-3-25-21(23)18(15-22)13-17-9-10-19(20(14-17)24-2)26-12-11-16-7-5-4-6-8-16/h4-10,13-14H,3,11-12H2,1-2H3/b18-13-. The first-order valence-electron chi connectivity index (χ1n) is 8.31. The lowest BCUT2D eigenvalue weighted by molar-refractivity contribution is -0.137. The maximum absolute atomic E-state index is 11.7. The minimum Gasteiger partial charge on any atom is -0.493 e. The van der Waals surface area contributed by atoms with Gasteiger partial charge in [-0.2, -0.15) is 5.26 Å². The third-order valence-corrected chi connectivity index (χ3v) is 3.61. The second-order valence-electron chi connectivity index (χ2n) is 5.38. The molecule has 134 valence electrons. The second-order valence-corrected chi connectivity index (χ2v) is 5.38. The van der Waals surface area contributed by atoms with Crippen LogP contribution < -0.4 is 9.47 Å². The summed E-state index contributed by atoms with van der Waals surface area (Å²) in [5.41, 5.74) is 1.78. The summed E-state index contributed by atoms with van der Waals surface area (Å²) in [6.07, 6.45) is 2.25. The van der Waals surface area contributed by atoms with Gasteiger partial charge in [0.2, 0.25) is 0 Å². The smallest absolute Gasteiger partial charge is 0.348 e. The molecule has 0 radical (unpaired) electrons. The molecule has 0 unspecified atom stereocenters. The van der Waals surface area contributed by atoms with E-state index in [2.05, 4.69) is 0 Å². The van der Waals surface area contributed by atoms with Crippen molar-refractivity contribution in [3.8, 4) is 17.6 Å². The Hall–Kier alpha value is -3.26. The highest BCUT2D eigenvalue weighted by molar-refractivity contribution is 5.97. The lowest BCUT2D eigenvalue weighted by Crippen LogP contribution is -2.06. The van der Waals surface area contributed by atoms with Crippen LogP contribution in [0.5, 0.6) is 11.5 Å². The molecule has 0 N–H and O–H groups in total. The van der Waals surface area contributed by atoms with Crippen LogP contribution in [0.3, 0.4) is 0 Å². The molecule has 0 bridgehead atoms. The molecule has 2 aromatic carbocycles. The van der Waals surface area contributed by atoms with Crippen LogP contribution in [0, 0.1) is 11.3 Å². The number of methoxy groups -OCH3 is 1. The van der Waals surface area contributed by atoms with Crippen molar-refractivity contribution in [3.63, 3.8) is 0 Å². The van der Waals surface area contributed by atoms with Gasteiger partial charge in [0, 0.05) is 6.42 Å². The molecule has 0 atom stereocenters. The van der Waals surface area contributed by atoms with Gasteiger partial charge in [0.25, 0.3) is 0 Å². The van der Waals surface area contributed by atoms with E-state index in [1.807, 2.05) is 36.4 Å². The Kier molecular flexibility index (Phi) is 7.26. The second kappa shape index (κ2) is 9.90. The maximum Gasteiger partial charge on any atom is 0.348 e. The first-order valence-corrected chi connectivity index (χ1v) is 8.31.